The number of carboxylic acids is 2. The molecule has 2 aromatic heterocycles. The summed E-state index contributed by atoms with van der Waals surface area (Å²) in [5.41, 5.74) is 2.55. The third-order valence-electron chi connectivity index (χ3n) is 9.16. The number of aromatic hydroxyl groups is 1. The number of carbonyl (C=O) groups excluding carboxylic acids is 1. The Balaban J connectivity index is 0.000000488. The number of aromatic amines is 1. The van der Waals surface area contributed by atoms with Gasteiger partial charge in [-0.05, 0) is 36.6 Å². The minimum atomic E-state index is -5.08. The number of hydrogen-bond acceptors (Lipinski definition) is 13. The van der Waals surface area contributed by atoms with Gasteiger partial charge in [0.05, 0.1) is 34.6 Å². The van der Waals surface area contributed by atoms with E-state index in [4.69, 9.17) is 24.5 Å². The van der Waals surface area contributed by atoms with Gasteiger partial charge < -0.3 is 40.4 Å². The first kappa shape index (κ1) is 48.4. The van der Waals surface area contributed by atoms with Gasteiger partial charge in [0.2, 0.25) is 0 Å². The number of likely N-dealkylation sites (tertiary alicyclic amines) is 1. The fraction of sp³-hybridized carbons (Fsp3) is 0.486. The fourth-order valence-electron chi connectivity index (χ4n) is 6.14. The second-order valence-corrected chi connectivity index (χ2v) is 17.0. The molecule has 0 unspecified atom stereocenters. The highest BCUT2D eigenvalue weighted by atomic mass is 32.2. The number of ether oxygens (including phenoxy) is 1. The number of halogens is 6. The average Bonchev–Trinajstić information content (AvgIpc) is 3.84. The van der Waals surface area contributed by atoms with Crippen molar-refractivity contribution in [3.05, 3.63) is 73.3 Å². The molecule has 2 fully saturated rings. The van der Waals surface area contributed by atoms with Crippen molar-refractivity contribution in [3.63, 3.8) is 0 Å². The lowest BCUT2D eigenvalue weighted by Gasteiger charge is -2.47. The second-order valence-electron chi connectivity index (χ2n) is 14.0. The molecule has 6 rings (SSSR count). The number of nitrogens with one attached hydrogen (secondary N) is 2. The van der Waals surface area contributed by atoms with Gasteiger partial charge in [0, 0.05) is 66.8 Å². The summed E-state index contributed by atoms with van der Waals surface area (Å²) < 4.78 is 70.4. The van der Waals surface area contributed by atoms with E-state index in [2.05, 4.69) is 58.3 Å². The SMILES string of the molecule is CC(C)c1nc(C(=O)N2CCOC3(CCN(Cc4cccc(SCCNC[C@H](O)c5ccc(O)c6[nH]c(=O)sc56)c4)CC3)C2)cs1.O=C(O)C(F)(F)F.O=C(O)C(F)(F)F. The number of H-pyrrole nitrogens is 1. The van der Waals surface area contributed by atoms with E-state index < -0.39 is 30.4 Å². The standard InChI is InChI=1S/C33H41N5O5S3.2C2HF3O2/c1-21(2)30-35-25(19-45-30)31(41)38-13-14-43-33(20-38)8-11-37(12-9-33)18-22-4-3-5-23(16-22)44-15-10-34-17-27(40)24-6-7-26(39)28-29(24)46-32(42)36-28;2*3-2(4,5)1(6)7/h3-7,16,19,21,27,34,39-40H,8-15,17-18,20H2,1-2H3,(H,36,42);2*(H,6,7)/t27-;;/m0../s1. The molecule has 2 aliphatic heterocycles. The summed E-state index contributed by atoms with van der Waals surface area (Å²) in [5.74, 6) is -4.33. The number of rotatable bonds is 11. The monoisotopic (exact) mass is 911 g/mol. The van der Waals surface area contributed by atoms with E-state index in [9.17, 15) is 46.1 Å². The van der Waals surface area contributed by atoms with Crippen molar-refractivity contribution in [2.75, 3.05) is 51.6 Å². The minimum Gasteiger partial charge on any atom is -0.506 e. The van der Waals surface area contributed by atoms with Crippen LogP contribution in [0.2, 0.25) is 0 Å². The number of thioether (sulfide) groups is 1. The van der Waals surface area contributed by atoms with E-state index in [1.807, 2.05) is 10.3 Å². The van der Waals surface area contributed by atoms with Crippen molar-refractivity contribution in [1.29, 1.82) is 0 Å². The zero-order chi connectivity index (χ0) is 44.4. The number of carbonyl (C=O) groups is 3. The summed E-state index contributed by atoms with van der Waals surface area (Å²) >= 11 is 4.33. The first-order chi connectivity index (χ1) is 28.1. The zero-order valence-electron chi connectivity index (χ0n) is 32.1. The summed E-state index contributed by atoms with van der Waals surface area (Å²) in [6.07, 6.45) is -9.16. The van der Waals surface area contributed by atoms with Crippen LogP contribution in [-0.2, 0) is 20.9 Å². The maximum atomic E-state index is 13.2. The van der Waals surface area contributed by atoms with Crippen molar-refractivity contribution in [3.8, 4) is 5.75 Å². The Morgan fingerprint density at radius 1 is 1.03 bits per heavy atom. The smallest absolute Gasteiger partial charge is 0.490 e. The van der Waals surface area contributed by atoms with E-state index in [1.165, 1.54) is 16.5 Å². The van der Waals surface area contributed by atoms with Crippen LogP contribution in [-0.4, -0.2) is 128 Å². The van der Waals surface area contributed by atoms with Crippen LogP contribution in [0.1, 0.15) is 65.3 Å². The highest BCUT2D eigenvalue weighted by Gasteiger charge is 2.42. The van der Waals surface area contributed by atoms with E-state index >= 15 is 0 Å². The number of alkyl halides is 6. The van der Waals surface area contributed by atoms with Crippen LogP contribution < -0.4 is 10.2 Å². The number of thiazole rings is 2. The zero-order valence-corrected chi connectivity index (χ0v) is 34.6. The summed E-state index contributed by atoms with van der Waals surface area (Å²) in [5, 5.41) is 41.2. The van der Waals surface area contributed by atoms with E-state index in [0.717, 1.165) is 54.6 Å². The number of phenols is 1. The number of carboxylic acid groups (broad SMARTS) is 2. The van der Waals surface area contributed by atoms with Crippen LogP contribution in [0.3, 0.4) is 0 Å². The average molecular weight is 912 g/mol. The van der Waals surface area contributed by atoms with Gasteiger partial charge in [0.15, 0.2) is 0 Å². The largest absolute Gasteiger partial charge is 0.506 e. The van der Waals surface area contributed by atoms with E-state index in [0.29, 0.717) is 60.2 Å². The number of amides is 1. The first-order valence-electron chi connectivity index (χ1n) is 18.2. The summed E-state index contributed by atoms with van der Waals surface area (Å²) in [4.78, 5) is 55.4. The highest BCUT2D eigenvalue weighted by Crippen LogP contribution is 2.33. The van der Waals surface area contributed by atoms with Gasteiger partial charge in [0.1, 0.15) is 17.0 Å². The van der Waals surface area contributed by atoms with Crippen molar-refractivity contribution in [2.45, 2.75) is 68.1 Å². The fourth-order valence-corrected chi connectivity index (χ4v) is 8.75. The molecule has 2 aliphatic rings. The van der Waals surface area contributed by atoms with Gasteiger partial charge in [-0.1, -0.05) is 43.4 Å². The molecule has 23 heteroatoms. The molecule has 4 heterocycles. The molecular weight excluding hydrogens is 869 g/mol. The quantitative estimate of drug-likeness (QED) is 0.0576. The van der Waals surface area contributed by atoms with Gasteiger partial charge in [-0.2, -0.15) is 26.3 Å². The van der Waals surface area contributed by atoms with Crippen LogP contribution >= 0.6 is 34.4 Å². The Hall–Kier alpha value is -4.26. The van der Waals surface area contributed by atoms with Crippen molar-refractivity contribution in [2.24, 2.45) is 0 Å². The predicted molar refractivity (Wildman–Crippen MR) is 212 cm³/mol. The van der Waals surface area contributed by atoms with E-state index in [-0.39, 0.29) is 22.1 Å². The molecule has 0 bridgehead atoms. The lowest BCUT2D eigenvalue weighted by molar-refractivity contribution is -0.193. The number of aliphatic carboxylic acids is 2. The molecule has 6 N–H and O–H groups in total. The van der Waals surface area contributed by atoms with Crippen molar-refractivity contribution < 1.29 is 65.9 Å². The van der Waals surface area contributed by atoms with E-state index in [1.54, 1.807) is 29.2 Å². The van der Waals surface area contributed by atoms with Crippen molar-refractivity contribution in [1.82, 2.24) is 25.1 Å². The number of aliphatic hydroxyl groups is 1. The van der Waals surface area contributed by atoms with Crippen LogP contribution in [0.4, 0.5) is 26.3 Å². The molecule has 2 saturated heterocycles. The topological polar surface area (TPSA) is 206 Å². The lowest BCUT2D eigenvalue weighted by Crippen LogP contribution is -2.58. The molecule has 14 nitrogen and oxygen atoms in total. The summed E-state index contributed by atoms with van der Waals surface area (Å²) in [6.45, 7) is 9.78. The predicted octanol–water partition coefficient (Wildman–Crippen LogP) is 6.06. The Labute approximate surface area is 351 Å². The van der Waals surface area contributed by atoms with Crippen LogP contribution in [0.5, 0.6) is 5.75 Å². The number of aromatic nitrogens is 2. The third-order valence-corrected chi connectivity index (χ3v) is 12.2. The number of piperidine rings is 1. The molecular formula is C37H43F6N5O9S3. The van der Waals surface area contributed by atoms with Crippen LogP contribution in [0.15, 0.2) is 51.5 Å². The molecule has 0 saturated carbocycles. The van der Waals surface area contributed by atoms with Gasteiger partial charge in [-0.15, -0.1) is 23.1 Å². The number of nitrogens with zero attached hydrogens (tertiary/aromatic N) is 3. The van der Waals surface area contributed by atoms with Crippen LogP contribution in [0.25, 0.3) is 10.2 Å². The molecule has 2 aromatic carbocycles. The Kier molecular flexibility index (Phi) is 17.0. The molecule has 1 amide bonds. The highest BCUT2D eigenvalue weighted by molar-refractivity contribution is 7.99. The number of phenolic OH excluding ortho intramolecular Hbond substituents is 1. The Bertz CT molecular complexity index is 2110. The van der Waals surface area contributed by atoms with Gasteiger partial charge in [0.25, 0.3) is 5.91 Å². The number of morpholine rings is 1. The normalized spacial score (nSPS) is 16.2. The number of benzene rings is 2. The van der Waals surface area contributed by atoms with Gasteiger partial charge in [-0.25, -0.2) is 14.6 Å². The molecule has 0 aliphatic carbocycles. The number of aliphatic hydroxyl groups excluding tert-OH is 1. The summed E-state index contributed by atoms with van der Waals surface area (Å²) in [7, 11) is 0. The molecule has 1 spiro atoms. The second kappa shape index (κ2) is 21.0. The molecule has 1 atom stereocenters. The van der Waals surface area contributed by atoms with Gasteiger partial charge >= 0.3 is 29.2 Å². The Morgan fingerprint density at radius 3 is 2.28 bits per heavy atom. The van der Waals surface area contributed by atoms with Crippen LogP contribution in [0, 0.1) is 0 Å². The third kappa shape index (κ3) is 13.9. The molecule has 4 aromatic rings. The maximum Gasteiger partial charge on any atom is 0.490 e. The molecule has 60 heavy (non-hydrogen) atoms. The molecule has 330 valence electrons. The minimum absolute atomic E-state index is 0.00544. The van der Waals surface area contributed by atoms with Gasteiger partial charge in [-0.3, -0.25) is 14.5 Å². The Morgan fingerprint density at radius 2 is 1.68 bits per heavy atom. The number of hydrogen-bond donors (Lipinski definition) is 6. The first-order valence-corrected chi connectivity index (χ1v) is 20.9. The molecule has 0 radical (unpaired) electrons. The number of fused-ring (bicyclic) bond motifs is 1. The lowest BCUT2D eigenvalue weighted by atomic mass is 9.89. The van der Waals surface area contributed by atoms with Crippen molar-refractivity contribution >= 4 is 62.5 Å². The summed E-state index contributed by atoms with van der Waals surface area (Å²) in [6, 6.07) is 11.8. The maximum absolute atomic E-state index is 13.2.